The van der Waals surface area contributed by atoms with Gasteiger partial charge in [-0.1, -0.05) is 18.2 Å². The quantitative estimate of drug-likeness (QED) is 0.741. The standard InChI is InChI=1S/C15H15N3O/c1-11(13-6-4-9-16-13)15(19)17-18-10-8-12-5-2-3-7-14(12)18/h2-11,16H,1H3,(H,17,19). The summed E-state index contributed by atoms with van der Waals surface area (Å²) in [5, 5.41) is 1.11. The van der Waals surface area contributed by atoms with E-state index in [1.54, 1.807) is 4.68 Å². The fourth-order valence-corrected chi connectivity index (χ4v) is 2.15. The number of H-pyrrole nitrogens is 1. The Morgan fingerprint density at radius 2 is 2.05 bits per heavy atom. The van der Waals surface area contributed by atoms with E-state index in [0.29, 0.717) is 0 Å². The number of benzene rings is 1. The van der Waals surface area contributed by atoms with Crippen molar-refractivity contribution in [3.63, 3.8) is 0 Å². The highest BCUT2D eigenvalue weighted by atomic mass is 16.2. The van der Waals surface area contributed by atoms with Crippen molar-refractivity contribution in [2.24, 2.45) is 0 Å². The minimum Gasteiger partial charge on any atom is -0.364 e. The maximum atomic E-state index is 12.2. The van der Waals surface area contributed by atoms with E-state index in [-0.39, 0.29) is 11.8 Å². The summed E-state index contributed by atoms with van der Waals surface area (Å²) in [5.74, 6) is -0.250. The van der Waals surface area contributed by atoms with E-state index in [1.165, 1.54) is 0 Å². The number of hydrogen-bond acceptors (Lipinski definition) is 1. The van der Waals surface area contributed by atoms with Gasteiger partial charge in [0.25, 0.3) is 0 Å². The van der Waals surface area contributed by atoms with Crippen LogP contribution < -0.4 is 5.43 Å². The molecule has 1 amide bonds. The first kappa shape index (κ1) is 11.6. The molecular weight excluding hydrogens is 238 g/mol. The van der Waals surface area contributed by atoms with Crippen LogP contribution in [0, 0.1) is 0 Å². The van der Waals surface area contributed by atoms with Gasteiger partial charge >= 0.3 is 0 Å². The van der Waals surface area contributed by atoms with Crippen molar-refractivity contribution < 1.29 is 4.79 Å². The zero-order valence-corrected chi connectivity index (χ0v) is 10.6. The van der Waals surface area contributed by atoms with Gasteiger partial charge in [0.15, 0.2) is 0 Å². The Morgan fingerprint density at radius 3 is 2.84 bits per heavy atom. The van der Waals surface area contributed by atoms with E-state index in [4.69, 9.17) is 0 Å². The average molecular weight is 253 g/mol. The fraction of sp³-hybridized carbons (Fsp3) is 0.133. The van der Waals surface area contributed by atoms with Crippen LogP contribution in [0.4, 0.5) is 0 Å². The number of hydrogen-bond donors (Lipinski definition) is 2. The molecule has 1 aromatic carbocycles. The second-order valence-corrected chi connectivity index (χ2v) is 4.57. The van der Waals surface area contributed by atoms with E-state index < -0.39 is 0 Å². The molecule has 3 rings (SSSR count). The molecule has 0 fully saturated rings. The predicted molar refractivity (Wildman–Crippen MR) is 75.5 cm³/mol. The number of amides is 1. The maximum absolute atomic E-state index is 12.2. The van der Waals surface area contributed by atoms with Crippen molar-refractivity contribution >= 4 is 16.8 Å². The molecule has 0 radical (unpaired) electrons. The highest BCUT2D eigenvalue weighted by Crippen LogP contribution is 2.16. The third-order valence-electron chi connectivity index (χ3n) is 3.31. The Morgan fingerprint density at radius 1 is 1.21 bits per heavy atom. The fourth-order valence-electron chi connectivity index (χ4n) is 2.15. The monoisotopic (exact) mass is 253 g/mol. The van der Waals surface area contributed by atoms with Crippen LogP contribution in [-0.4, -0.2) is 15.6 Å². The van der Waals surface area contributed by atoms with Crippen LogP contribution in [0.3, 0.4) is 0 Å². The van der Waals surface area contributed by atoms with E-state index in [1.807, 2.05) is 61.8 Å². The van der Waals surface area contributed by atoms with Crippen molar-refractivity contribution in [1.82, 2.24) is 9.66 Å². The molecule has 0 aliphatic rings. The molecule has 96 valence electrons. The number of nitrogens with zero attached hydrogens (tertiary/aromatic N) is 1. The first-order valence-corrected chi connectivity index (χ1v) is 6.26. The predicted octanol–water partition coefficient (Wildman–Crippen LogP) is 2.84. The minimum absolute atomic E-state index is 0.0381. The molecule has 1 atom stereocenters. The third-order valence-corrected chi connectivity index (χ3v) is 3.31. The van der Waals surface area contributed by atoms with Gasteiger partial charge in [-0.05, 0) is 31.2 Å². The second-order valence-electron chi connectivity index (χ2n) is 4.57. The van der Waals surface area contributed by atoms with Gasteiger partial charge in [0.2, 0.25) is 5.91 Å². The van der Waals surface area contributed by atoms with Gasteiger partial charge in [0, 0.05) is 23.5 Å². The number of carbonyl (C=O) groups excluding carboxylic acids is 1. The summed E-state index contributed by atoms with van der Waals surface area (Å²) in [7, 11) is 0. The molecule has 0 aliphatic heterocycles. The number of aromatic nitrogens is 2. The van der Waals surface area contributed by atoms with Crippen LogP contribution in [0.5, 0.6) is 0 Å². The van der Waals surface area contributed by atoms with E-state index in [0.717, 1.165) is 16.6 Å². The molecule has 2 heterocycles. The topological polar surface area (TPSA) is 49.8 Å². The van der Waals surface area contributed by atoms with Gasteiger partial charge in [-0.25, -0.2) is 0 Å². The summed E-state index contributed by atoms with van der Waals surface area (Å²) >= 11 is 0. The van der Waals surface area contributed by atoms with Gasteiger partial charge < -0.3 is 4.98 Å². The zero-order valence-electron chi connectivity index (χ0n) is 10.6. The van der Waals surface area contributed by atoms with E-state index in [9.17, 15) is 4.79 Å². The van der Waals surface area contributed by atoms with Crippen molar-refractivity contribution in [2.75, 3.05) is 5.43 Å². The van der Waals surface area contributed by atoms with Crippen LogP contribution in [0.15, 0.2) is 54.9 Å². The number of rotatable bonds is 3. The first-order chi connectivity index (χ1) is 9.25. The Kier molecular flexibility index (Phi) is 2.83. The smallest absolute Gasteiger partial charge is 0.247 e. The summed E-state index contributed by atoms with van der Waals surface area (Å²) in [6.45, 7) is 1.88. The summed E-state index contributed by atoms with van der Waals surface area (Å²) in [6.07, 6.45) is 3.69. The Labute approximate surface area is 111 Å². The van der Waals surface area contributed by atoms with Crippen LogP contribution >= 0.6 is 0 Å². The largest absolute Gasteiger partial charge is 0.364 e. The molecule has 3 aromatic rings. The molecule has 0 saturated heterocycles. The van der Waals surface area contributed by atoms with Crippen LogP contribution in [0.1, 0.15) is 18.5 Å². The SMILES string of the molecule is CC(C(=O)Nn1ccc2ccccc21)c1ccc[nH]1. The normalized spacial score (nSPS) is 12.5. The number of fused-ring (bicyclic) bond motifs is 1. The lowest BCUT2D eigenvalue weighted by Crippen LogP contribution is -2.26. The van der Waals surface area contributed by atoms with Gasteiger partial charge in [0.1, 0.15) is 0 Å². The van der Waals surface area contributed by atoms with Crippen molar-refractivity contribution in [3.8, 4) is 0 Å². The summed E-state index contributed by atoms with van der Waals surface area (Å²) < 4.78 is 1.76. The molecule has 0 aliphatic carbocycles. The van der Waals surface area contributed by atoms with Crippen molar-refractivity contribution in [1.29, 1.82) is 0 Å². The van der Waals surface area contributed by atoms with Crippen molar-refractivity contribution in [2.45, 2.75) is 12.8 Å². The lowest BCUT2D eigenvalue weighted by Gasteiger charge is -2.12. The van der Waals surface area contributed by atoms with Crippen LogP contribution in [0.25, 0.3) is 10.9 Å². The van der Waals surface area contributed by atoms with E-state index in [2.05, 4.69) is 10.4 Å². The molecule has 4 nitrogen and oxygen atoms in total. The number of carbonyl (C=O) groups is 1. The van der Waals surface area contributed by atoms with Crippen LogP contribution in [0.2, 0.25) is 0 Å². The second kappa shape index (κ2) is 4.65. The molecule has 2 aromatic heterocycles. The molecule has 0 bridgehead atoms. The first-order valence-electron chi connectivity index (χ1n) is 6.26. The number of para-hydroxylation sites is 1. The molecule has 1 unspecified atom stereocenters. The summed E-state index contributed by atoms with van der Waals surface area (Å²) in [4.78, 5) is 15.3. The number of aromatic amines is 1. The summed E-state index contributed by atoms with van der Waals surface area (Å²) in [6, 6.07) is 13.7. The zero-order chi connectivity index (χ0) is 13.2. The maximum Gasteiger partial charge on any atom is 0.247 e. The van der Waals surface area contributed by atoms with Gasteiger partial charge in [-0.3, -0.25) is 14.9 Å². The van der Waals surface area contributed by atoms with Crippen LogP contribution in [-0.2, 0) is 4.79 Å². The Balaban J connectivity index is 1.83. The molecular formula is C15H15N3O. The highest BCUT2D eigenvalue weighted by Gasteiger charge is 2.16. The average Bonchev–Trinajstić information content (AvgIpc) is 3.08. The third kappa shape index (κ3) is 2.12. The number of nitrogens with one attached hydrogen (secondary N) is 2. The molecule has 4 heteroatoms. The van der Waals surface area contributed by atoms with E-state index >= 15 is 0 Å². The van der Waals surface area contributed by atoms with Gasteiger partial charge in [-0.2, -0.15) is 0 Å². The lowest BCUT2D eigenvalue weighted by atomic mass is 10.1. The van der Waals surface area contributed by atoms with Crippen molar-refractivity contribution in [3.05, 3.63) is 60.6 Å². The lowest BCUT2D eigenvalue weighted by molar-refractivity contribution is -0.118. The minimum atomic E-state index is -0.212. The molecule has 0 saturated carbocycles. The molecule has 0 spiro atoms. The van der Waals surface area contributed by atoms with Gasteiger partial charge in [-0.15, -0.1) is 0 Å². The Hall–Kier alpha value is -2.49. The summed E-state index contributed by atoms with van der Waals surface area (Å²) in [5.41, 5.74) is 4.82. The highest BCUT2D eigenvalue weighted by molar-refractivity contribution is 5.91. The van der Waals surface area contributed by atoms with Gasteiger partial charge in [0.05, 0.1) is 11.4 Å². The Bertz CT molecular complexity index is 697. The molecule has 2 N–H and O–H groups in total. The molecule has 19 heavy (non-hydrogen) atoms.